The summed E-state index contributed by atoms with van der Waals surface area (Å²) in [6.45, 7) is 5.12. The number of carbonyl (C=O) groups is 2. The van der Waals surface area contributed by atoms with Crippen LogP contribution in [0, 0.1) is 5.41 Å². The predicted octanol–water partition coefficient (Wildman–Crippen LogP) is 0.751. The van der Waals surface area contributed by atoms with Crippen LogP contribution < -0.4 is 10.2 Å². The summed E-state index contributed by atoms with van der Waals surface area (Å²) in [6, 6.07) is 1.71. The molecule has 174 valence electrons. The van der Waals surface area contributed by atoms with E-state index in [9.17, 15) is 9.59 Å². The lowest BCUT2D eigenvalue weighted by molar-refractivity contribution is -0.161. The number of nitrogens with one attached hydrogen (secondary N) is 1. The number of hydrogen-bond donors (Lipinski definition) is 1. The van der Waals surface area contributed by atoms with E-state index in [0.29, 0.717) is 13.2 Å². The van der Waals surface area contributed by atoms with E-state index in [4.69, 9.17) is 33.8 Å². The molecule has 1 saturated heterocycles. The Bertz CT molecular complexity index is 805. The Labute approximate surface area is 185 Å². The standard InChI is InChI=1S/C19H27N3O8.ClH/c1-3-25-9-6-14(23)27-11-12-16(29-15(24)7-10-26-4-2)17-18(28-12)22-8-5-13(20)21-19(22)30-17;/h5,8,12,16-18,20H,3-4,6-7,9-11H2,1-2H3;1H/t12-,16-,17-,18-;/m1./s1. The van der Waals surface area contributed by atoms with Gasteiger partial charge in [0.2, 0.25) is 0 Å². The number of halogens is 1. The van der Waals surface area contributed by atoms with Crippen LogP contribution in [0.2, 0.25) is 0 Å². The third-order valence-electron chi connectivity index (χ3n) is 4.62. The third kappa shape index (κ3) is 6.39. The van der Waals surface area contributed by atoms with Gasteiger partial charge in [-0.3, -0.25) is 19.6 Å². The molecule has 0 saturated carbocycles. The van der Waals surface area contributed by atoms with E-state index in [1.165, 1.54) is 6.07 Å². The van der Waals surface area contributed by atoms with Crippen molar-refractivity contribution in [2.24, 2.45) is 0 Å². The van der Waals surface area contributed by atoms with Crippen molar-refractivity contribution in [2.75, 3.05) is 33.0 Å². The molecule has 3 rings (SSSR count). The first-order chi connectivity index (χ1) is 14.5. The summed E-state index contributed by atoms with van der Waals surface area (Å²) >= 11 is 0. The van der Waals surface area contributed by atoms with Crippen molar-refractivity contribution in [3.8, 4) is 6.01 Å². The van der Waals surface area contributed by atoms with Crippen LogP contribution in [-0.4, -0.2) is 72.8 Å². The molecule has 11 nitrogen and oxygen atoms in total. The van der Waals surface area contributed by atoms with Crippen LogP contribution in [0.5, 0.6) is 6.01 Å². The first kappa shape index (κ1) is 25.1. The molecule has 1 N–H and O–H groups in total. The Morgan fingerprint density at radius 1 is 1.16 bits per heavy atom. The number of rotatable bonds is 11. The van der Waals surface area contributed by atoms with Crippen LogP contribution in [0.15, 0.2) is 12.3 Å². The second-order valence-electron chi connectivity index (χ2n) is 6.68. The van der Waals surface area contributed by atoms with Crippen LogP contribution in [0.1, 0.15) is 32.9 Å². The lowest BCUT2D eigenvalue weighted by atomic mass is 10.1. The SMILES string of the molecule is CCOCCC(=O)OC[C@H]1O[C@@H]2[C@H](Oc3nc(=N)ccn32)[C@@H]1OC(=O)CCOCC.Cl. The normalized spacial score (nSPS) is 23.3. The highest BCUT2D eigenvalue weighted by molar-refractivity contribution is 5.85. The van der Waals surface area contributed by atoms with E-state index in [1.807, 2.05) is 13.8 Å². The van der Waals surface area contributed by atoms with Crippen molar-refractivity contribution >= 4 is 24.3 Å². The molecular weight excluding hydrogens is 434 g/mol. The van der Waals surface area contributed by atoms with E-state index in [0.717, 1.165) is 0 Å². The summed E-state index contributed by atoms with van der Waals surface area (Å²) < 4.78 is 34.6. The van der Waals surface area contributed by atoms with Gasteiger partial charge in [-0.25, -0.2) is 0 Å². The second kappa shape index (κ2) is 12.0. The minimum atomic E-state index is -0.806. The van der Waals surface area contributed by atoms with Crippen molar-refractivity contribution < 1.29 is 38.0 Å². The molecule has 0 aromatic carbocycles. The Hall–Kier alpha value is -2.21. The molecule has 0 bridgehead atoms. The molecule has 0 spiro atoms. The number of fused-ring (bicyclic) bond motifs is 3. The number of aromatic nitrogens is 2. The second-order valence-corrected chi connectivity index (χ2v) is 6.68. The number of esters is 2. The quantitative estimate of drug-likeness (QED) is 0.374. The first-order valence-corrected chi connectivity index (χ1v) is 10.00. The van der Waals surface area contributed by atoms with Crippen molar-refractivity contribution in [2.45, 2.75) is 51.2 Å². The smallest absolute Gasteiger partial charge is 0.308 e. The van der Waals surface area contributed by atoms with Crippen LogP contribution >= 0.6 is 12.4 Å². The van der Waals surface area contributed by atoms with Gasteiger partial charge in [0, 0.05) is 19.4 Å². The lowest BCUT2D eigenvalue weighted by Crippen LogP contribution is -2.40. The maximum atomic E-state index is 12.3. The van der Waals surface area contributed by atoms with Gasteiger partial charge >= 0.3 is 17.9 Å². The Kier molecular flexibility index (Phi) is 9.69. The van der Waals surface area contributed by atoms with Crippen molar-refractivity contribution in [3.63, 3.8) is 0 Å². The molecule has 0 aliphatic carbocycles. The van der Waals surface area contributed by atoms with Crippen molar-refractivity contribution in [1.82, 2.24) is 9.55 Å². The molecule has 12 heteroatoms. The maximum absolute atomic E-state index is 12.3. The Morgan fingerprint density at radius 2 is 1.84 bits per heavy atom. The summed E-state index contributed by atoms with van der Waals surface area (Å²) in [7, 11) is 0. The maximum Gasteiger partial charge on any atom is 0.308 e. The predicted molar refractivity (Wildman–Crippen MR) is 107 cm³/mol. The average Bonchev–Trinajstić information content (AvgIpc) is 3.22. The highest BCUT2D eigenvalue weighted by Crippen LogP contribution is 2.40. The van der Waals surface area contributed by atoms with E-state index in [1.54, 1.807) is 10.8 Å². The van der Waals surface area contributed by atoms with Gasteiger partial charge in [0.15, 0.2) is 23.9 Å². The summed E-state index contributed by atoms with van der Waals surface area (Å²) in [5.41, 5.74) is 0.0475. The number of hydrogen-bond acceptors (Lipinski definition) is 10. The van der Waals surface area contributed by atoms with Crippen molar-refractivity contribution in [1.29, 1.82) is 5.41 Å². The van der Waals surface area contributed by atoms with Gasteiger partial charge in [0.25, 0.3) is 0 Å². The molecule has 0 amide bonds. The fourth-order valence-electron chi connectivity index (χ4n) is 3.21. The summed E-state index contributed by atoms with van der Waals surface area (Å²) in [5.74, 6) is -0.899. The molecule has 2 aliphatic heterocycles. The molecule has 1 aromatic heterocycles. The van der Waals surface area contributed by atoms with Gasteiger partial charge in [0.05, 0.1) is 26.1 Å². The average molecular weight is 462 g/mol. The minimum Gasteiger partial charge on any atom is -0.463 e. The highest BCUT2D eigenvalue weighted by Gasteiger charge is 2.54. The molecular formula is C19H28ClN3O8. The highest BCUT2D eigenvalue weighted by atomic mass is 35.5. The zero-order chi connectivity index (χ0) is 21.5. The van der Waals surface area contributed by atoms with Gasteiger partial charge in [-0.2, -0.15) is 4.98 Å². The van der Waals surface area contributed by atoms with Gasteiger partial charge in [-0.1, -0.05) is 0 Å². The summed E-state index contributed by atoms with van der Waals surface area (Å²) in [5, 5.41) is 7.64. The van der Waals surface area contributed by atoms with Gasteiger partial charge < -0.3 is 28.4 Å². The first-order valence-electron chi connectivity index (χ1n) is 10.00. The molecule has 4 atom stereocenters. The van der Waals surface area contributed by atoms with E-state index >= 15 is 0 Å². The third-order valence-corrected chi connectivity index (χ3v) is 4.62. The molecule has 1 aromatic rings. The molecule has 2 aliphatic rings. The molecule has 3 heterocycles. The van der Waals surface area contributed by atoms with Gasteiger partial charge in [-0.15, -0.1) is 12.4 Å². The minimum absolute atomic E-state index is 0. The van der Waals surface area contributed by atoms with Crippen LogP contribution in [0.3, 0.4) is 0 Å². The monoisotopic (exact) mass is 461 g/mol. The zero-order valence-corrected chi connectivity index (χ0v) is 18.3. The molecule has 31 heavy (non-hydrogen) atoms. The molecule has 1 fully saturated rings. The topological polar surface area (TPSA) is 131 Å². The van der Waals surface area contributed by atoms with E-state index in [2.05, 4.69) is 4.98 Å². The Morgan fingerprint density at radius 3 is 2.52 bits per heavy atom. The van der Waals surface area contributed by atoms with Crippen molar-refractivity contribution in [3.05, 3.63) is 17.8 Å². The van der Waals surface area contributed by atoms with Gasteiger partial charge in [-0.05, 0) is 19.9 Å². The van der Waals surface area contributed by atoms with Gasteiger partial charge in [0.1, 0.15) is 12.7 Å². The van der Waals surface area contributed by atoms with Crippen LogP contribution in [0.25, 0.3) is 0 Å². The fourth-order valence-corrected chi connectivity index (χ4v) is 3.21. The molecule has 0 unspecified atom stereocenters. The van der Waals surface area contributed by atoms with E-state index < -0.39 is 36.5 Å². The van der Waals surface area contributed by atoms with E-state index in [-0.39, 0.29) is 56.6 Å². The molecule has 0 radical (unpaired) electrons. The number of nitrogens with zero attached hydrogens (tertiary/aromatic N) is 2. The van der Waals surface area contributed by atoms with Crippen LogP contribution in [-0.2, 0) is 33.3 Å². The summed E-state index contributed by atoms with van der Waals surface area (Å²) in [4.78, 5) is 28.2. The summed E-state index contributed by atoms with van der Waals surface area (Å²) in [6.07, 6.45) is -0.954. The largest absolute Gasteiger partial charge is 0.463 e. The number of carbonyl (C=O) groups excluding carboxylic acids is 2. The lowest BCUT2D eigenvalue weighted by Gasteiger charge is -2.22. The number of ether oxygens (including phenoxy) is 6. The zero-order valence-electron chi connectivity index (χ0n) is 17.5. The Balaban J connectivity index is 0.00000341. The van der Waals surface area contributed by atoms with Crippen LogP contribution in [0.4, 0.5) is 0 Å². The fraction of sp³-hybridized carbons (Fsp3) is 0.684.